The third kappa shape index (κ3) is 6.10. The third-order valence-electron chi connectivity index (χ3n) is 6.73. The van der Waals surface area contributed by atoms with E-state index in [-0.39, 0.29) is 5.97 Å². The molecule has 6 nitrogen and oxygen atoms in total. The van der Waals surface area contributed by atoms with Crippen LogP contribution in [0.4, 0.5) is 0 Å². The number of benzene rings is 2. The molecular formula is C28H35ClO6. The molecule has 0 N–H and O–H groups in total. The second kappa shape index (κ2) is 11.3. The molecular weight excluding hydrogens is 468 g/mol. The summed E-state index contributed by atoms with van der Waals surface area (Å²) in [7, 11) is 0. The largest absolute Gasteiger partial charge is 0.489 e. The van der Waals surface area contributed by atoms with Crippen LogP contribution in [0.1, 0.15) is 61.4 Å². The summed E-state index contributed by atoms with van der Waals surface area (Å²) < 4.78 is 23.3. The molecule has 3 rings (SSSR count). The fraction of sp³-hybridized carbons (Fsp3) is 0.500. The number of carbonyl (C=O) groups is 2. The van der Waals surface area contributed by atoms with Crippen molar-refractivity contribution in [1.82, 2.24) is 0 Å². The molecule has 2 aromatic rings. The molecule has 35 heavy (non-hydrogen) atoms. The monoisotopic (exact) mass is 502 g/mol. The Bertz CT molecular complexity index is 1080. The van der Waals surface area contributed by atoms with Gasteiger partial charge in [-0.2, -0.15) is 0 Å². The normalized spacial score (nSPS) is 17.7. The van der Waals surface area contributed by atoms with Crippen molar-refractivity contribution >= 4 is 23.5 Å². The van der Waals surface area contributed by atoms with Gasteiger partial charge in [-0.05, 0) is 87.8 Å². The van der Waals surface area contributed by atoms with Crippen molar-refractivity contribution in [1.29, 1.82) is 0 Å². The molecule has 0 aliphatic carbocycles. The number of hydrogen-bond acceptors (Lipinski definition) is 6. The van der Waals surface area contributed by atoms with Gasteiger partial charge in [0.1, 0.15) is 34.8 Å². The average molecular weight is 503 g/mol. The van der Waals surface area contributed by atoms with Gasteiger partial charge < -0.3 is 18.9 Å². The highest BCUT2D eigenvalue weighted by molar-refractivity contribution is 6.30. The fourth-order valence-electron chi connectivity index (χ4n) is 4.42. The van der Waals surface area contributed by atoms with Crippen LogP contribution in [0.15, 0.2) is 24.3 Å². The van der Waals surface area contributed by atoms with Crippen molar-refractivity contribution in [3.05, 3.63) is 52.1 Å². The molecule has 1 aliphatic heterocycles. The number of carbonyl (C=O) groups excluding carboxylic acids is 2. The first kappa shape index (κ1) is 26.9. The Morgan fingerprint density at radius 1 is 1.09 bits per heavy atom. The van der Waals surface area contributed by atoms with Crippen LogP contribution in [-0.2, 0) is 27.2 Å². The van der Waals surface area contributed by atoms with Crippen LogP contribution in [0.3, 0.4) is 0 Å². The van der Waals surface area contributed by atoms with Crippen molar-refractivity contribution in [2.75, 3.05) is 13.2 Å². The number of alkyl halides is 1. The quantitative estimate of drug-likeness (QED) is 0.245. The summed E-state index contributed by atoms with van der Waals surface area (Å²) in [4.78, 5) is 23.4. The molecule has 7 heteroatoms. The summed E-state index contributed by atoms with van der Waals surface area (Å²) in [6, 6.07) is 7.59. The molecule has 0 saturated carbocycles. The van der Waals surface area contributed by atoms with E-state index in [9.17, 15) is 9.59 Å². The van der Waals surface area contributed by atoms with Crippen LogP contribution in [-0.4, -0.2) is 36.1 Å². The maximum atomic E-state index is 11.8. The van der Waals surface area contributed by atoms with Gasteiger partial charge in [-0.15, -0.1) is 11.6 Å². The third-order valence-corrected chi connectivity index (χ3v) is 7.07. The van der Waals surface area contributed by atoms with Gasteiger partial charge >= 0.3 is 11.9 Å². The predicted octanol–water partition coefficient (Wildman–Crippen LogP) is 5.80. The van der Waals surface area contributed by atoms with Gasteiger partial charge in [0.2, 0.25) is 0 Å². The SMILES string of the molecule is CCOC(=O)C(Cl)Cc1ccc(OCC2(CC)CCc3c(C)c(OC(C)=O)c(C)c(C)c3O2)cc1. The second-order valence-corrected chi connectivity index (χ2v) is 9.63. The van der Waals surface area contributed by atoms with Crippen molar-refractivity contribution in [2.45, 2.75) is 78.2 Å². The van der Waals surface area contributed by atoms with Crippen LogP contribution in [0.2, 0.25) is 0 Å². The minimum atomic E-state index is -0.711. The van der Waals surface area contributed by atoms with E-state index in [0.29, 0.717) is 25.4 Å². The number of rotatable bonds is 9. The van der Waals surface area contributed by atoms with Gasteiger partial charge in [0.05, 0.1) is 6.61 Å². The van der Waals surface area contributed by atoms with Gasteiger partial charge in [-0.1, -0.05) is 19.1 Å². The van der Waals surface area contributed by atoms with Crippen molar-refractivity contribution in [3.8, 4) is 17.2 Å². The lowest BCUT2D eigenvalue weighted by Crippen LogP contribution is -2.45. The van der Waals surface area contributed by atoms with Gasteiger partial charge in [0, 0.05) is 12.5 Å². The lowest BCUT2D eigenvalue weighted by Gasteiger charge is -2.39. The molecule has 0 aromatic heterocycles. The maximum absolute atomic E-state index is 11.8. The zero-order valence-corrected chi connectivity index (χ0v) is 22.2. The average Bonchev–Trinajstić information content (AvgIpc) is 2.84. The first-order chi connectivity index (χ1) is 16.6. The summed E-state index contributed by atoms with van der Waals surface area (Å²) in [6.07, 6.45) is 2.80. The Balaban J connectivity index is 1.72. The number of esters is 2. The van der Waals surface area contributed by atoms with E-state index >= 15 is 0 Å². The molecule has 2 unspecified atom stereocenters. The Labute approximate surface area is 212 Å². The van der Waals surface area contributed by atoms with Crippen LogP contribution in [0.25, 0.3) is 0 Å². The highest BCUT2D eigenvalue weighted by Gasteiger charge is 2.38. The standard InChI is InChI=1S/C28H35ClO6/c1-7-28(16-33-22-11-9-21(10-12-22)15-24(29)27(31)32-8-2)14-13-23-19(5)25(34-20(6)30)17(3)18(4)26(23)35-28/h9-12,24H,7-8,13-16H2,1-6H3. The first-order valence-corrected chi connectivity index (χ1v) is 12.6. The highest BCUT2D eigenvalue weighted by atomic mass is 35.5. The van der Waals surface area contributed by atoms with Gasteiger partial charge in [0.15, 0.2) is 0 Å². The minimum Gasteiger partial charge on any atom is -0.489 e. The Hall–Kier alpha value is -2.73. The first-order valence-electron chi connectivity index (χ1n) is 12.1. The van der Waals surface area contributed by atoms with E-state index in [1.165, 1.54) is 6.92 Å². The molecule has 0 fully saturated rings. The van der Waals surface area contributed by atoms with Crippen LogP contribution < -0.4 is 14.2 Å². The molecule has 0 spiro atoms. The molecule has 2 atom stereocenters. The van der Waals surface area contributed by atoms with Crippen molar-refractivity contribution in [2.24, 2.45) is 0 Å². The smallest absolute Gasteiger partial charge is 0.324 e. The fourth-order valence-corrected chi connectivity index (χ4v) is 4.67. The van der Waals surface area contributed by atoms with E-state index in [0.717, 1.165) is 58.6 Å². The summed E-state index contributed by atoms with van der Waals surface area (Å²) in [6.45, 7) is 12.0. The van der Waals surface area contributed by atoms with E-state index < -0.39 is 16.9 Å². The van der Waals surface area contributed by atoms with E-state index in [1.807, 2.05) is 45.0 Å². The number of hydrogen-bond donors (Lipinski definition) is 0. The van der Waals surface area contributed by atoms with Gasteiger partial charge in [0.25, 0.3) is 0 Å². The minimum absolute atomic E-state index is 0.312. The Kier molecular flexibility index (Phi) is 8.70. The molecule has 1 aliphatic rings. The van der Waals surface area contributed by atoms with Crippen LogP contribution in [0.5, 0.6) is 17.2 Å². The molecule has 0 saturated heterocycles. The Morgan fingerprint density at radius 3 is 2.37 bits per heavy atom. The predicted molar refractivity (Wildman–Crippen MR) is 136 cm³/mol. The molecule has 0 amide bonds. The maximum Gasteiger partial charge on any atom is 0.324 e. The lowest BCUT2D eigenvalue weighted by molar-refractivity contribution is -0.142. The van der Waals surface area contributed by atoms with Gasteiger partial charge in [-0.25, -0.2) is 0 Å². The summed E-state index contributed by atoms with van der Waals surface area (Å²) in [5.41, 5.74) is 4.43. The number of halogens is 1. The summed E-state index contributed by atoms with van der Waals surface area (Å²) >= 11 is 6.15. The van der Waals surface area contributed by atoms with E-state index in [1.54, 1.807) is 6.92 Å². The second-order valence-electron chi connectivity index (χ2n) is 9.10. The van der Waals surface area contributed by atoms with Gasteiger partial charge in [-0.3, -0.25) is 9.59 Å². The number of ether oxygens (including phenoxy) is 4. The topological polar surface area (TPSA) is 71.1 Å². The lowest BCUT2D eigenvalue weighted by atomic mass is 9.85. The zero-order chi connectivity index (χ0) is 25.8. The summed E-state index contributed by atoms with van der Waals surface area (Å²) in [5, 5.41) is -0.711. The molecule has 1 heterocycles. The molecule has 0 radical (unpaired) electrons. The van der Waals surface area contributed by atoms with Crippen molar-refractivity contribution < 1.29 is 28.5 Å². The summed E-state index contributed by atoms with van der Waals surface area (Å²) in [5.74, 6) is 1.51. The van der Waals surface area contributed by atoms with Crippen molar-refractivity contribution in [3.63, 3.8) is 0 Å². The van der Waals surface area contributed by atoms with Crippen LogP contribution in [0, 0.1) is 20.8 Å². The number of fused-ring (bicyclic) bond motifs is 1. The molecule has 2 aromatic carbocycles. The van der Waals surface area contributed by atoms with E-state index in [4.69, 9.17) is 30.5 Å². The zero-order valence-electron chi connectivity index (χ0n) is 21.5. The van der Waals surface area contributed by atoms with E-state index in [2.05, 4.69) is 6.92 Å². The highest BCUT2D eigenvalue weighted by Crippen LogP contribution is 2.44. The molecule has 190 valence electrons. The molecule has 0 bridgehead atoms. The van der Waals surface area contributed by atoms with Crippen LogP contribution >= 0.6 is 11.6 Å². The Morgan fingerprint density at radius 2 is 1.77 bits per heavy atom.